The predicted molar refractivity (Wildman–Crippen MR) is 71.9 cm³/mol. The van der Waals surface area contributed by atoms with Crippen molar-refractivity contribution in [2.24, 2.45) is 0 Å². The Morgan fingerprint density at radius 2 is 2.00 bits per heavy atom. The highest BCUT2D eigenvalue weighted by Gasteiger charge is 2.19. The highest BCUT2D eigenvalue weighted by molar-refractivity contribution is 7.99. The average Bonchev–Trinajstić information content (AvgIpc) is 2.35. The van der Waals surface area contributed by atoms with Gasteiger partial charge < -0.3 is 10.4 Å². The van der Waals surface area contributed by atoms with Crippen molar-refractivity contribution in [3.63, 3.8) is 0 Å². The zero-order valence-electron chi connectivity index (χ0n) is 10.0. The maximum Gasteiger partial charge on any atom is 0.0521 e. The molecule has 2 N–H and O–H groups in total. The SMILES string of the molecule is CCC(SCCO)C(NC)c1ccccc1. The van der Waals surface area contributed by atoms with Gasteiger partial charge in [0.25, 0.3) is 0 Å². The molecule has 0 spiro atoms. The van der Waals surface area contributed by atoms with E-state index in [1.165, 1.54) is 5.56 Å². The largest absolute Gasteiger partial charge is 0.396 e. The number of rotatable bonds is 7. The second-order valence-electron chi connectivity index (χ2n) is 3.72. The monoisotopic (exact) mass is 239 g/mol. The van der Waals surface area contributed by atoms with Crippen LogP contribution in [0.4, 0.5) is 0 Å². The number of aliphatic hydroxyl groups excluding tert-OH is 1. The summed E-state index contributed by atoms with van der Waals surface area (Å²) < 4.78 is 0. The first kappa shape index (κ1) is 13.6. The second-order valence-corrected chi connectivity index (χ2v) is 5.07. The van der Waals surface area contributed by atoms with Crippen molar-refractivity contribution in [2.75, 3.05) is 19.4 Å². The van der Waals surface area contributed by atoms with Gasteiger partial charge >= 0.3 is 0 Å². The fourth-order valence-electron chi connectivity index (χ4n) is 1.88. The summed E-state index contributed by atoms with van der Waals surface area (Å²) in [5, 5.41) is 12.8. The highest BCUT2D eigenvalue weighted by Crippen LogP contribution is 2.28. The van der Waals surface area contributed by atoms with Gasteiger partial charge in [0.15, 0.2) is 0 Å². The number of benzene rings is 1. The first-order valence-corrected chi connectivity index (χ1v) is 6.83. The van der Waals surface area contributed by atoms with Crippen molar-refractivity contribution >= 4 is 11.8 Å². The Morgan fingerprint density at radius 1 is 1.31 bits per heavy atom. The van der Waals surface area contributed by atoms with E-state index in [9.17, 15) is 0 Å². The van der Waals surface area contributed by atoms with Crippen LogP contribution in [0.1, 0.15) is 24.9 Å². The molecule has 1 aromatic rings. The number of thioether (sulfide) groups is 1. The van der Waals surface area contributed by atoms with Gasteiger partial charge in [0.05, 0.1) is 6.61 Å². The first-order valence-electron chi connectivity index (χ1n) is 5.78. The van der Waals surface area contributed by atoms with Gasteiger partial charge in [-0.3, -0.25) is 0 Å². The van der Waals surface area contributed by atoms with Crippen molar-refractivity contribution in [1.82, 2.24) is 5.32 Å². The molecular weight excluding hydrogens is 218 g/mol. The summed E-state index contributed by atoms with van der Waals surface area (Å²) in [5.74, 6) is 0.809. The van der Waals surface area contributed by atoms with Crippen LogP contribution in [0.25, 0.3) is 0 Å². The lowest BCUT2D eigenvalue weighted by Gasteiger charge is -2.25. The molecule has 0 fully saturated rings. The van der Waals surface area contributed by atoms with Gasteiger partial charge in [0.2, 0.25) is 0 Å². The van der Waals surface area contributed by atoms with Gasteiger partial charge in [-0.05, 0) is 19.0 Å². The number of hydrogen-bond donors (Lipinski definition) is 2. The van der Waals surface area contributed by atoms with E-state index < -0.39 is 0 Å². The summed E-state index contributed by atoms with van der Waals surface area (Å²) in [5.41, 5.74) is 1.32. The van der Waals surface area contributed by atoms with E-state index in [4.69, 9.17) is 5.11 Å². The van der Waals surface area contributed by atoms with Gasteiger partial charge in [-0.25, -0.2) is 0 Å². The van der Waals surface area contributed by atoms with Gasteiger partial charge in [0, 0.05) is 17.0 Å². The van der Waals surface area contributed by atoms with Crippen LogP contribution in [-0.4, -0.2) is 29.8 Å². The molecule has 0 saturated carbocycles. The van der Waals surface area contributed by atoms with E-state index in [1.807, 2.05) is 24.9 Å². The molecule has 0 amide bonds. The summed E-state index contributed by atoms with van der Waals surface area (Å²) in [6, 6.07) is 10.9. The zero-order valence-corrected chi connectivity index (χ0v) is 10.8. The summed E-state index contributed by atoms with van der Waals surface area (Å²) in [4.78, 5) is 0. The fraction of sp³-hybridized carbons (Fsp3) is 0.538. The van der Waals surface area contributed by atoms with Gasteiger partial charge in [-0.15, -0.1) is 0 Å². The Balaban J connectivity index is 2.71. The van der Waals surface area contributed by atoms with E-state index in [0.29, 0.717) is 11.3 Å². The molecule has 2 atom stereocenters. The molecule has 2 unspecified atom stereocenters. The second kappa shape index (κ2) is 7.71. The minimum absolute atomic E-state index is 0.256. The van der Waals surface area contributed by atoms with Crippen LogP contribution in [0.2, 0.25) is 0 Å². The topological polar surface area (TPSA) is 32.3 Å². The Labute approximate surface area is 102 Å². The first-order chi connectivity index (χ1) is 7.83. The van der Waals surface area contributed by atoms with Gasteiger partial charge in [0.1, 0.15) is 0 Å². The molecule has 0 aromatic heterocycles. The molecule has 0 aliphatic heterocycles. The van der Waals surface area contributed by atoms with Crippen LogP contribution in [-0.2, 0) is 0 Å². The number of aliphatic hydroxyl groups is 1. The van der Waals surface area contributed by atoms with Crippen molar-refractivity contribution in [1.29, 1.82) is 0 Å². The summed E-state index contributed by atoms with van der Waals surface area (Å²) in [6.45, 7) is 2.45. The Hall–Kier alpha value is -0.510. The molecule has 3 heteroatoms. The molecule has 90 valence electrons. The Morgan fingerprint density at radius 3 is 2.50 bits per heavy atom. The van der Waals surface area contributed by atoms with Gasteiger partial charge in [-0.1, -0.05) is 37.3 Å². The fourth-order valence-corrected chi connectivity index (χ4v) is 3.01. The molecule has 0 aliphatic rings. The Bertz CT molecular complexity index is 279. The quantitative estimate of drug-likeness (QED) is 0.766. The molecule has 0 heterocycles. The smallest absolute Gasteiger partial charge is 0.0521 e. The standard InChI is InChI=1S/C13H21NOS/c1-3-12(16-10-9-15)13(14-2)11-7-5-4-6-8-11/h4-8,12-15H,3,9-10H2,1-2H3. The van der Waals surface area contributed by atoms with E-state index >= 15 is 0 Å². The third kappa shape index (κ3) is 3.81. The van der Waals surface area contributed by atoms with Crippen LogP contribution in [0.3, 0.4) is 0 Å². The van der Waals surface area contributed by atoms with Crippen molar-refractivity contribution in [3.8, 4) is 0 Å². The molecule has 16 heavy (non-hydrogen) atoms. The maximum atomic E-state index is 8.89. The van der Waals surface area contributed by atoms with Gasteiger partial charge in [-0.2, -0.15) is 11.8 Å². The Kier molecular flexibility index (Phi) is 6.53. The van der Waals surface area contributed by atoms with Crippen molar-refractivity contribution in [2.45, 2.75) is 24.6 Å². The molecule has 2 nitrogen and oxygen atoms in total. The van der Waals surface area contributed by atoms with E-state index in [1.54, 1.807) is 0 Å². The zero-order chi connectivity index (χ0) is 11.8. The van der Waals surface area contributed by atoms with Crippen LogP contribution < -0.4 is 5.32 Å². The molecule has 1 rings (SSSR count). The lowest BCUT2D eigenvalue weighted by molar-refractivity contribution is 0.322. The molecule has 0 aliphatic carbocycles. The molecule has 1 aromatic carbocycles. The van der Waals surface area contributed by atoms with Crippen molar-refractivity contribution in [3.05, 3.63) is 35.9 Å². The normalized spacial score (nSPS) is 14.7. The summed E-state index contributed by atoms with van der Waals surface area (Å²) in [6.07, 6.45) is 1.10. The van der Waals surface area contributed by atoms with E-state index in [-0.39, 0.29) is 6.61 Å². The molecule has 0 bridgehead atoms. The van der Waals surface area contributed by atoms with Crippen LogP contribution in [0.15, 0.2) is 30.3 Å². The van der Waals surface area contributed by atoms with Crippen LogP contribution >= 0.6 is 11.8 Å². The average molecular weight is 239 g/mol. The molecule has 0 saturated heterocycles. The van der Waals surface area contributed by atoms with E-state index in [0.717, 1.165) is 12.2 Å². The van der Waals surface area contributed by atoms with E-state index in [2.05, 4.69) is 36.5 Å². The minimum Gasteiger partial charge on any atom is -0.396 e. The third-order valence-corrected chi connectivity index (χ3v) is 4.12. The lowest BCUT2D eigenvalue weighted by atomic mass is 10.0. The highest BCUT2D eigenvalue weighted by atomic mass is 32.2. The molecular formula is C13H21NOS. The lowest BCUT2D eigenvalue weighted by Crippen LogP contribution is -2.27. The van der Waals surface area contributed by atoms with Crippen LogP contribution in [0.5, 0.6) is 0 Å². The predicted octanol–water partition coefficient (Wildman–Crippen LogP) is 2.45. The summed E-state index contributed by atoms with van der Waals surface area (Å²) in [7, 11) is 2.00. The number of hydrogen-bond acceptors (Lipinski definition) is 3. The van der Waals surface area contributed by atoms with Crippen molar-refractivity contribution < 1.29 is 5.11 Å². The van der Waals surface area contributed by atoms with Crippen LogP contribution in [0, 0.1) is 0 Å². The minimum atomic E-state index is 0.256. The molecule has 0 radical (unpaired) electrons. The number of nitrogens with one attached hydrogen (secondary N) is 1. The summed E-state index contributed by atoms with van der Waals surface area (Å²) >= 11 is 1.84. The maximum absolute atomic E-state index is 8.89. The third-order valence-electron chi connectivity index (χ3n) is 2.67.